The van der Waals surface area contributed by atoms with Gasteiger partial charge in [-0.2, -0.15) is 0 Å². The zero-order valence-electron chi connectivity index (χ0n) is 18.8. The Morgan fingerprint density at radius 1 is 1.16 bits per heavy atom. The Hall–Kier alpha value is -2.15. The number of piperidine rings is 1. The maximum absolute atomic E-state index is 12.9. The molecule has 6 heteroatoms. The van der Waals surface area contributed by atoms with E-state index in [0.29, 0.717) is 6.54 Å². The van der Waals surface area contributed by atoms with Gasteiger partial charge in [0.05, 0.1) is 16.3 Å². The summed E-state index contributed by atoms with van der Waals surface area (Å²) in [5, 5.41) is 6.27. The van der Waals surface area contributed by atoms with Gasteiger partial charge in [0.2, 0.25) is 0 Å². The van der Waals surface area contributed by atoms with Crippen LogP contribution in [-0.2, 0) is 18.8 Å². The van der Waals surface area contributed by atoms with Crippen LogP contribution < -0.4 is 5.32 Å². The second-order valence-corrected chi connectivity index (χ2v) is 10.7. The summed E-state index contributed by atoms with van der Waals surface area (Å²) in [5.41, 5.74) is 4.25. The summed E-state index contributed by atoms with van der Waals surface area (Å²) in [5.74, 6) is 1.59. The van der Waals surface area contributed by atoms with Crippen molar-refractivity contribution in [2.24, 2.45) is 5.92 Å². The number of nitrogens with zero attached hydrogens (tertiary/aromatic N) is 2. The van der Waals surface area contributed by atoms with Gasteiger partial charge in [-0.05, 0) is 62.0 Å². The van der Waals surface area contributed by atoms with Crippen molar-refractivity contribution in [2.45, 2.75) is 50.4 Å². The predicted molar refractivity (Wildman–Crippen MR) is 134 cm³/mol. The topological polar surface area (TPSA) is 45.2 Å². The fraction of sp³-hybridized carbons (Fsp3) is 0.385. The maximum atomic E-state index is 12.9. The zero-order valence-corrected chi connectivity index (χ0v) is 20.5. The molecule has 32 heavy (non-hydrogen) atoms. The van der Waals surface area contributed by atoms with E-state index in [9.17, 15) is 4.79 Å². The van der Waals surface area contributed by atoms with Gasteiger partial charge >= 0.3 is 0 Å². The molecule has 1 aromatic heterocycles. The first kappa shape index (κ1) is 23.0. The van der Waals surface area contributed by atoms with E-state index in [2.05, 4.69) is 51.8 Å². The van der Waals surface area contributed by atoms with Crippen LogP contribution in [-0.4, -0.2) is 28.9 Å². The molecule has 0 radical (unpaired) electrons. The highest BCUT2D eigenvalue weighted by molar-refractivity contribution is 7.98. The summed E-state index contributed by atoms with van der Waals surface area (Å²) < 4.78 is 0. The minimum absolute atomic E-state index is 0.0296. The molecule has 1 amide bonds. The summed E-state index contributed by atoms with van der Waals surface area (Å²) in [7, 11) is 0. The molecule has 0 unspecified atom stereocenters. The van der Waals surface area contributed by atoms with E-state index in [1.807, 2.05) is 31.2 Å². The van der Waals surface area contributed by atoms with Crippen LogP contribution in [0.15, 0.2) is 58.8 Å². The van der Waals surface area contributed by atoms with Crippen molar-refractivity contribution in [1.82, 2.24) is 15.2 Å². The van der Waals surface area contributed by atoms with Crippen LogP contribution in [0.3, 0.4) is 0 Å². The number of hydrogen-bond donors (Lipinski definition) is 1. The van der Waals surface area contributed by atoms with Crippen LogP contribution in [0.25, 0.3) is 0 Å². The lowest BCUT2D eigenvalue weighted by atomic mass is 9.98. The number of carbonyl (C=O) groups excluding carboxylic acids is 1. The van der Waals surface area contributed by atoms with Gasteiger partial charge in [-0.3, -0.25) is 9.69 Å². The smallest absolute Gasteiger partial charge is 0.252 e. The maximum Gasteiger partial charge on any atom is 0.252 e. The number of rotatable bonds is 8. The number of amides is 1. The van der Waals surface area contributed by atoms with Crippen LogP contribution in [0, 0.1) is 12.8 Å². The number of thiazole rings is 1. The van der Waals surface area contributed by atoms with E-state index < -0.39 is 0 Å². The quantitative estimate of drug-likeness (QED) is 0.420. The Kier molecular flexibility index (Phi) is 8.00. The fourth-order valence-corrected chi connectivity index (χ4v) is 5.66. The second-order valence-electron chi connectivity index (χ2n) is 8.60. The molecule has 2 heterocycles. The average Bonchev–Trinajstić information content (AvgIpc) is 3.23. The molecule has 1 aliphatic rings. The molecule has 1 aliphatic heterocycles. The number of benzene rings is 2. The lowest BCUT2D eigenvalue weighted by molar-refractivity contribution is 0.0948. The van der Waals surface area contributed by atoms with E-state index in [0.717, 1.165) is 44.9 Å². The van der Waals surface area contributed by atoms with Crippen molar-refractivity contribution in [2.75, 3.05) is 13.1 Å². The Labute approximate surface area is 199 Å². The third-order valence-corrected chi connectivity index (χ3v) is 7.83. The minimum Gasteiger partial charge on any atom is -0.348 e. The number of thioether (sulfide) groups is 1. The third kappa shape index (κ3) is 6.44. The highest BCUT2D eigenvalue weighted by Gasteiger charge is 2.16. The van der Waals surface area contributed by atoms with Crippen molar-refractivity contribution in [3.8, 4) is 0 Å². The molecule has 4 nitrogen and oxygen atoms in total. The number of nitrogens with one attached hydrogen (secondary N) is 1. The Morgan fingerprint density at radius 2 is 1.94 bits per heavy atom. The molecule has 1 N–H and O–H groups in total. The van der Waals surface area contributed by atoms with Crippen LogP contribution in [0.4, 0.5) is 0 Å². The Balaban J connectivity index is 1.33. The van der Waals surface area contributed by atoms with Crippen LogP contribution >= 0.6 is 23.1 Å². The van der Waals surface area contributed by atoms with Gasteiger partial charge in [0.1, 0.15) is 0 Å². The number of likely N-dealkylation sites (tertiary alicyclic amines) is 1. The van der Waals surface area contributed by atoms with E-state index >= 15 is 0 Å². The summed E-state index contributed by atoms with van der Waals surface area (Å²) in [6.07, 6.45) is 2.57. The van der Waals surface area contributed by atoms with Crippen molar-refractivity contribution < 1.29 is 4.79 Å². The van der Waals surface area contributed by atoms with Gasteiger partial charge < -0.3 is 5.32 Å². The van der Waals surface area contributed by atoms with Crippen molar-refractivity contribution >= 4 is 29.0 Å². The van der Waals surface area contributed by atoms with E-state index in [1.165, 1.54) is 31.5 Å². The van der Waals surface area contributed by atoms with Crippen molar-refractivity contribution in [3.63, 3.8) is 0 Å². The van der Waals surface area contributed by atoms with Crippen LogP contribution in [0.5, 0.6) is 0 Å². The number of carbonyl (C=O) groups is 1. The first-order valence-corrected chi connectivity index (χ1v) is 13.1. The summed E-state index contributed by atoms with van der Waals surface area (Å²) in [4.78, 5) is 21.0. The molecule has 0 bridgehead atoms. The van der Waals surface area contributed by atoms with Gasteiger partial charge in [-0.15, -0.1) is 23.1 Å². The molecule has 0 saturated carbocycles. The molecule has 0 spiro atoms. The van der Waals surface area contributed by atoms with E-state index in [1.54, 1.807) is 23.1 Å². The molecule has 1 fully saturated rings. The molecule has 0 atom stereocenters. The average molecular weight is 466 g/mol. The van der Waals surface area contributed by atoms with Crippen LogP contribution in [0.2, 0.25) is 0 Å². The standard InChI is InChI=1S/C26H31N3OS2/c1-19-10-12-29(13-11-19)16-22-7-5-6-21(14-22)15-27-26(30)24-8-3-4-9-25(24)32-18-23-17-31-20(2)28-23/h3-9,14,17,19H,10-13,15-16,18H2,1-2H3,(H,27,30). The van der Waals surface area contributed by atoms with E-state index in [4.69, 9.17) is 0 Å². The molecule has 4 rings (SSSR count). The SMILES string of the molecule is Cc1nc(CSc2ccccc2C(=O)NCc2cccc(CN3CCC(C)CC3)c2)cs1. The molecule has 168 valence electrons. The monoisotopic (exact) mass is 465 g/mol. The predicted octanol–water partition coefficient (Wildman–Crippen LogP) is 5.91. The molecule has 3 aromatic rings. The highest BCUT2D eigenvalue weighted by Crippen LogP contribution is 2.27. The summed E-state index contributed by atoms with van der Waals surface area (Å²) >= 11 is 3.32. The first-order chi connectivity index (χ1) is 15.6. The van der Waals surface area contributed by atoms with Gasteiger partial charge in [0.25, 0.3) is 5.91 Å². The second kappa shape index (κ2) is 11.1. The zero-order chi connectivity index (χ0) is 22.3. The lowest BCUT2D eigenvalue weighted by Crippen LogP contribution is -2.32. The molecule has 2 aromatic carbocycles. The van der Waals surface area contributed by atoms with Gasteiger partial charge in [-0.25, -0.2) is 4.98 Å². The number of hydrogen-bond acceptors (Lipinski definition) is 5. The molecular formula is C26H31N3OS2. The summed E-state index contributed by atoms with van der Waals surface area (Å²) in [6.45, 7) is 8.24. The Morgan fingerprint density at radius 3 is 2.72 bits per heavy atom. The first-order valence-electron chi connectivity index (χ1n) is 11.3. The Bertz CT molecular complexity index is 1040. The normalized spacial score (nSPS) is 15.1. The fourth-order valence-electron chi connectivity index (χ4n) is 4.00. The van der Waals surface area contributed by atoms with Gasteiger partial charge in [0.15, 0.2) is 0 Å². The summed E-state index contributed by atoms with van der Waals surface area (Å²) in [6, 6.07) is 16.4. The van der Waals surface area contributed by atoms with Crippen molar-refractivity contribution in [3.05, 3.63) is 81.3 Å². The van der Waals surface area contributed by atoms with Gasteiger partial charge in [-0.1, -0.05) is 43.3 Å². The highest BCUT2D eigenvalue weighted by atomic mass is 32.2. The van der Waals surface area contributed by atoms with E-state index in [-0.39, 0.29) is 5.91 Å². The minimum atomic E-state index is -0.0296. The van der Waals surface area contributed by atoms with Crippen LogP contribution in [0.1, 0.15) is 52.0 Å². The number of aryl methyl sites for hydroxylation is 1. The van der Waals surface area contributed by atoms with Crippen molar-refractivity contribution in [1.29, 1.82) is 0 Å². The molecule has 0 aliphatic carbocycles. The number of aromatic nitrogens is 1. The third-order valence-electron chi connectivity index (χ3n) is 5.90. The molecular weight excluding hydrogens is 434 g/mol. The van der Waals surface area contributed by atoms with Gasteiger partial charge in [0, 0.05) is 29.1 Å². The largest absolute Gasteiger partial charge is 0.348 e. The lowest BCUT2D eigenvalue weighted by Gasteiger charge is -2.30. The molecule has 1 saturated heterocycles.